The maximum Gasteiger partial charge on any atom is 0.261 e. The van der Waals surface area contributed by atoms with E-state index < -0.39 is 13.0 Å². The van der Waals surface area contributed by atoms with Crippen molar-refractivity contribution in [2.45, 2.75) is 25.7 Å². The number of anilines is 1. The highest BCUT2D eigenvalue weighted by Crippen LogP contribution is 2.24. The fourth-order valence-electron chi connectivity index (χ4n) is 1.62. The fraction of sp³-hybridized carbons (Fsp3) is 0.500. The van der Waals surface area contributed by atoms with Crippen molar-refractivity contribution in [3.8, 4) is 5.75 Å². The maximum atomic E-state index is 11.8. The Kier molecular flexibility index (Phi) is 8.00. The van der Waals surface area contributed by atoms with Crippen LogP contribution in [0.1, 0.15) is 18.9 Å². The first-order valence-electron chi connectivity index (χ1n) is 6.54. The van der Waals surface area contributed by atoms with E-state index in [1.54, 1.807) is 18.2 Å². The van der Waals surface area contributed by atoms with Gasteiger partial charge in [-0.25, -0.2) is 8.78 Å². The summed E-state index contributed by atoms with van der Waals surface area (Å²) in [6, 6.07) is 5.14. The molecule has 0 radical (unpaired) electrons. The van der Waals surface area contributed by atoms with Gasteiger partial charge in [0.1, 0.15) is 12.4 Å². The van der Waals surface area contributed by atoms with Crippen LogP contribution in [-0.4, -0.2) is 32.2 Å². The van der Waals surface area contributed by atoms with Gasteiger partial charge in [0.05, 0.1) is 25.5 Å². The summed E-state index contributed by atoms with van der Waals surface area (Å²) >= 11 is 5.82. The molecule has 7 heteroatoms. The first-order chi connectivity index (χ1) is 10.1. The molecule has 1 aromatic rings. The first kappa shape index (κ1) is 17.7. The van der Waals surface area contributed by atoms with Crippen molar-refractivity contribution in [2.24, 2.45) is 0 Å². The third-order valence-electron chi connectivity index (χ3n) is 2.51. The molecule has 0 aliphatic rings. The summed E-state index contributed by atoms with van der Waals surface area (Å²) < 4.78 is 33.7. The quantitative estimate of drug-likeness (QED) is 0.560. The number of carbonyl (C=O) groups excluding carboxylic acids is 1. The SMILES string of the molecule is CCOc1ccc(NC(=O)CCOCC(F)F)cc1CCl. The lowest BCUT2D eigenvalue weighted by Crippen LogP contribution is -2.15. The second-order valence-electron chi connectivity index (χ2n) is 4.15. The molecule has 0 aromatic heterocycles. The summed E-state index contributed by atoms with van der Waals surface area (Å²) in [5.41, 5.74) is 1.35. The molecule has 21 heavy (non-hydrogen) atoms. The van der Waals surface area contributed by atoms with Crippen LogP contribution in [0, 0.1) is 0 Å². The maximum absolute atomic E-state index is 11.8. The second-order valence-corrected chi connectivity index (χ2v) is 4.42. The van der Waals surface area contributed by atoms with Gasteiger partial charge in [-0.3, -0.25) is 4.79 Å². The van der Waals surface area contributed by atoms with E-state index in [0.717, 1.165) is 5.56 Å². The van der Waals surface area contributed by atoms with E-state index in [-0.39, 0.29) is 24.8 Å². The van der Waals surface area contributed by atoms with Crippen molar-refractivity contribution < 1.29 is 23.0 Å². The molecule has 0 saturated heterocycles. The van der Waals surface area contributed by atoms with E-state index in [4.69, 9.17) is 16.3 Å². The number of halogens is 3. The minimum atomic E-state index is -2.52. The van der Waals surface area contributed by atoms with E-state index in [1.807, 2.05) is 6.92 Å². The van der Waals surface area contributed by atoms with Gasteiger partial charge in [0.15, 0.2) is 0 Å². The fourth-order valence-corrected chi connectivity index (χ4v) is 1.83. The van der Waals surface area contributed by atoms with E-state index >= 15 is 0 Å². The molecule has 0 heterocycles. The molecule has 1 N–H and O–H groups in total. The predicted molar refractivity (Wildman–Crippen MR) is 77.2 cm³/mol. The summed E-state index contributed by atoms with van der Waals surface area (Å²) in [6.07, 6.45) is -2.51. The molecule has 0 atom stereocenters. The number of alkyl halides is 3. The van der Waals surface area contributed by atoms with Crippen LogP contribution < -0.4 is 10.1 Å². The molecule has 0 bridgehead atoms. The van der Waals surface area contributed by atoms with Crippen molar-refractivity contribution >= 4 is 23.2 Å². The van der Waals surface area contributed by atoms with Gasteiger partial charge in [-0.05, 0) is 25.1 Å². The van der Waals surface area contributed by atoms with E-state index in [0.29, 0.717) is 18.0 Å². The molecule has 0 unspecified atom stereocenters. The number of amides is 1. The molecule has 1 aromatic carbocycles. The van der Waals surface area contributed by atoms with Crippen molar-refractivity contribution in [3.63, 3.8) is 0 Å². The van der Waals surface area contributed by atoms with Gasteiger partial charge >= 0.3 is 0 Å². The van der Waals surface area contributed by atoms with Gasteiger partial charge in [0.2, 0.25) is 5.91 Å². The standard InChI is InChI=1S/C14H18ClF2NO3/c1-2-21-12-4-3-11(7-10(12)8-15)18-14(19)5-6-20-9-13(16)17/h3-4,7,13H,2,5-6,8-9H2,1H3,(H,18,19). The third-order valence-corrected chi connectivity index (χ3v) is 2.79. The monoisotopic (exact) mass is 321 g/mol. The summed E-state index contributed by atoms with van der Waals surface area (Å²) in [5.74, 6) is 0.621. The molecule has 4 nitrogen and oxygen atoms in total. The minimum Gasteiger partial charge on any atom is -0.494 e. The summed E-state index contributed by atoms with van der Waals surface area (Å²) in [4.78, 5) is 11.6. The van der Waals surface area contributed by atoms with Gasteiger partial charge < -0.3 is 14.8 Å². The Labute approximate surface area is 127 Å². The zero-order chi connectivity index (χ0) is 15.7. The van der Waals surface area contributed by atoms with Gasteiger partial charge in [-0.15, -0.1) is 11.6 Å². The number of benzene rings is 1. The number of rotatable bonds is 9. The summed E-state index contributed by atoms with van der Waals surface area (Å²) in [7, 11) is 0. The smallest absolute Gasteiger partial charge is 0.261 e. The molecule has 0 aliphatic carbocycles. The van der Waals surface area contributed by atoms with Gasteiger partial charge in [-0.1, -0.05) is 0 Å². The van der Waals surface area contributed by atoms with Crippen molar-refractivity contribution in [2.75, 3.05) is 25.1 Å². The van der Waals surface area contributed by atoms with Crippen LogP contribution in [-0.2, 0) is 15.4 Å². The van der Waals surface area contributed by atoms with Crippen LogP contribution >= 0.6 is 11.6 Å². The molecule has 0 aliphatic heterocycles. The minimum absolute atomic E-state index is 0.0101. The number of ether oxygens (including phenoxy) is 2. The Morgan fingerprint density at radius 3 is 2.81 bits per heavy atom. The summed E-state index contributed by atoms with van der Waals surface area (Å²) in [5, 5.41) is 2.65. The largest absolute Gasteiger partial charge is 0.494 e. The lowest BCUT2D eigenvalue weighted by molar-refractivity contribution is -0.117. The number of carbonyl (C=O) groups is 1. The highest BCUT2D eigenvalue weighted by molar-refractivity contribution is 6.17. The molecular formula is C14H18ClF2NO3. The lowest BCUT2D eigenvalue weighted by atomic mass is 10.2. The van der Waals surface area contributed by atoms with Crippen molar-refractivity contribution in [3.05, 3.63) is 23.8 Å². The number of hydrogen-bond acceptors (Lipinski definition) is 3. The molecule has 1 rings (SSSR count). The normalized spacial score (nSPS) is 10.7. The third kappa shape index (κ3) is 6.73. The van der Waals surface area contributed by atoms with Crippen LogP contribution in [0.15, 0.2) is 18.2 Å². The molecule has 0 fully saturated rings. The molecular weight excluding hydrogens is 304 g/mol. The predicted octanol–water partition coefficient (Wildman–Crippen LogP) is 3.43. The average molecular weight is 322 g/mol. The molecule has 1 amide bonds. The van der Waals surface area contributed by atoms with Gasteiger partial charge in [-0.2, -0.15) is 0 Å². The number of hydrogen-bond donors (Lipinski definition) is 1. The highest BCUT2D eigenvalue weighted by atomic mass is 35.5. The molecule has 0 spiro atoms. The van der Waals surface area contributed by atoms with E-state index in [1.165, 1.54) is 0 Å². The van der Waals surface area contributed by atoms with Gasteiger partial charge in [0, 0.05) is 11.3 Å². The van der Waals surface area contributed by atoms with E-state index in [2.05, 4.69) is 10.1 Å². The van der Waals surface area contributed by atoms with E-state index in [9.17, 15) is 13.6 Å². The lowest BCUT2D eigenvalue weighted by Gasteiger charge is -2.11. The topological polar surface area (TPSA) is 47.6 Å². The zero-order valence-electron chi connectivity index (χ0n) is 11.7. The Balaban J connectivity index is 2.48. The summed E-state index contributed by atoms with van der Waals surface area (Å²) in [6.45, 7) is 1.69. The van der Waals surface area contributed by atoms with Crippen LogP contribution in [0.5, 0.6) is 5.75 Å². The van der Waals surface area contributed by atoms with Crippen molar-refractivity contribution in [1.82, 2.24) is 0 Å². The second kappa shape index (κ2) is 9.52. The van der Waals surface area contributed by atoms with Crippen LogP contribution in [0.4, 0.5) is 14.5 Å². The molecule has 0 saturated carbocycles. The first-order valence-corrected chi connectivity index (χ1v) is 7.07. The van der Waals surface area contributed by atoms with Gasteiger partial charge in [0.25, 0.3) is 6.43 Å². The zero-order valence-corrected chi connectivity index (χ0v) is 12.5. The van der Waals surface area contributed by atoms with Crippen LogP contribution in [0.3, 0.4) is 0 Å². The number of nitrogens with one attached hydrogen (secondary N) is 1. The van der Waals surface area contributed by atoms with Crippen LogP contribution in [0.25, 0.3) is 0 Å². The Morgan fingerprint density at radius 2 is 2.19 bits per heavy atom. The Hall–Kier alpha value is -1.40. The highest BCUT2D eigenvalue weighted by Gasteiger charge is 2.08. The van der Waals surface area contributed by atoms with Crippen molar-refractivity contribution in [1.29, 1.82) is 0 Å². The Bertz CT molecular complexity index is 458. The Morgan fingerprint density at radius 1 is 1.43 bits per heavy atom. The van der Waals surface area contributed by atoms with Crippen LogP contribution in [0.2, 0.25) is 0 Å². The molecule has 118 valence electrons. The average Bonchev–Trinajstić information content (AvgIpc) is 2.45.